The van der Waals surface area contributed by atoms with Gasteiger partial charge in [0.15, 0.2) is 0 Å². The Bertz CT molecular complexity index is 299. The van der Waals surface area contributed by atoms with Gasteiger partial charge in [-0.25, -0.2) is 0 Å². The molecule has 0 saturated carbocycles. The number of rotatable bonds is 4. The van der Waals surface area contributed by atoms with Crippen molar-refractivity contribution in [1.82, 2.24) is 0 Å². The van der Waals surface area contributed by atoms with Crippen LogP contribution in [0.3, 0.4) is 0 Å². The first-order chi connectivity index (χ1) is 6.63. The summed E-state index contributed by atoms with van der Waals surface area (Å²) in [6, 6.07) is 5.94. The molecule has 0 aliphatic rings. The minimum absolute atomic E-state index is 0.227. The summed E-state index contributed by atoms with van der Waals surface area (Å²) < 4.78 is 5.41. The molecule has 0 heterocycles. The molecule has 3 heteroatoms. The molecule has 3 nitrogen and oxygen atoms in total. The molecule has 0 bridgehead atoms. The number of ether oxygens (including phenoxy) is 1. The first kappa shape index (κ1) is 11.0. The van der Waals surface area contributed by atoms with Gasteiger partial charge in [0.1, 0.15) is 18.5 Å². The first-order valence-corrected chi connectivity index (χ1v) is 4.71. The lowest BCUT2D eigenvalue weighted by Gasteiger charge is -2.12. The minimum Gasteiger partial charge on any atom is -0.491 e. The zero-order chi connectivity index (χ0) is 10.6. The van der Waals surface area contributed by atoms with E-state index in [9.17, 15) is 5.11 Å². The van der Waals surface area contributed by atoms with Crippen LogP contribution in [0.15, 0.2) is 18.2 Å². The number of aliphatic hydroxyl groups is 1. The molecule has 0 amide bonds. The smallest absolute Gasteiger partial charge is 0.122 e. The Morgan fingerprint density at radius 2 is 2.14 bits per heavy atom. The van der Waals surface area contributed by atoms with Gasteiger partial charge in [0.2, 0.25) is 0 Å². The average Bonchev–Trinajstić information content (AvgIpc) is 2.16. The maximum Gasteiger partial charge on any atom is 0.122 e. The molecule has 1 rings (SSSR count). The summed E-state index contributed by atoms with van der Waals surface area (Å²) in [5, 5.41) is 9.21. The quantitative estimate of drug-likeness (QED) is 0.753. The van der Waals surface area contributed by atoms with E-state index in [1.54, 1.807) is 0 Å². The molecule has 0 spiro atoms. The van der Waals surface area contributed by atoms with Crippen molar-refractivity contribution in [2.45, 2.75) is 20.0 Å². The van der Waals surface area contributed by atoms with Gasteiger partial charge in [-0.05, 0) is 25.5 Å². The molecule has 0 aromatic heterocycles. The molecule has 0 fully saturated rings. The van der Waals surface area contributed by atoms with Crippen molar-refractivity contribution in [2.75, 3.05) is 13.2 Å². The lowest BCUT2D eigenvalue weighted by Crippen LogP contribution is -2.26. The second kappa shape index (κ2) is 4.98. The molecular weight excluding hydrogens is 178 g/mol. The van der Waals surface area contributed by atoms with Crippen molar-refractivity contribution in [1.29, 1.82) is 0 Å². The van der Waals surface area contributed by atoms with Crippen LogP contribution in [0.1, 0.15) is 11.1 Å². The van der Waals surface area contributed by atoms with Crippen molar-refractivity contribution in [2.24, 2.45) is 5.73 Å². The Balaban J connectivity index is 2.59. The fourth-order valence-electron chi connectivity index (χ4n) is 1.22. The summed E-state index contributed by atoms with van der Waals surface area (Å²) >= 11 is 0. The van der Waals surface area contributed by atoms with Crippen LogP contribution in [0.5, 0.6) is 5.75 Å². The molecule has 0 saturated heterocycles. The van der Waals surface area contributed by atoms with Crippen LogP contribution in [-0.4, -0.2) is 24.4 Å². The SMILES string of the molecule is Cc1ccc(OCC(O)CN)c(C)c1. The van der Waals surface area contributed by atoms with Gasteiger partial charge in [-0.1, -0.05) is 17.7 Å². The van der Waals surface area contributed by atoms with Gasteiger partial charge < -0.3 is 15.6 Å². The largest absolute Gasteiger partial charge is 0.491 e. The molecule has 0 aliphatic heterocycles. The number of aryl methyl sites for hydroxylation is 2. The molecule has 14 heavy (non-hydrogen) atoms. The summed E-state index contributed by atoms with van der Waals surface area (Å²) in [7, 11) is 0. The summed E-state index contributed by atoms with van der Waals surface area (Å²) in [6.07, 6.45) is -0.587. The fourth-order valence-corrected chi connectivity index (χ4v) is 1.22. The Morgan fingerprint density at radius 1 is 1.43 bits per heavy atom. The topological polar surface area (TPSA) is 55.5 Å². The van der Waals surface area contributed by atoms with Crippen LogP contribution in [0, 0.1) is 13.8 Å². The van der Waals surface area contributed by atoms with Crippen molar-refractivity contribution in [3.63, 3.8) is 0 Å². The molecule has 1 atom stereocenters. The predicted octanol–water partition coefficient (Wildman–Crippen LogP) is 1.00. The molecule has 1 aromatic carbocycles. The molecule has 0 aliphatic carbocycles. The monoisotopic (exact) mass is 195 g/mol. The first-order valence-electron chi connectivity index (χ1n) is 4.71. The van der Waals surface area contributed by atoms with Crippen LogP contribution in [-0.2, 0) is 0 Å². The molecule has 0 radical (unpaired) electrons. The minimum atomic E-state index is -0.587. The lowest BCUT2D eigenvalue weighted by atomic mass is 10.1. The number of benzene rings is 1. The molecular formula is C11H17NO2. The van der Waals surface area contributed by atoms with E-state index in [0.717, 1.165) is 11.3 Å². The van der Waals surface area contributed by atoms with E-state index in [1.807, 2.05) is 32.0 Å². The zero-order valence-electron chi connectivity index (χ0n) is 8.66. The Morgan fingerprint density at radius 3 is 2.71 bits per heavy atom. The van der Waals surface area contributed by atoms with E-state index in [-0.39, 0.29) is 13.2 Å². The van der Waals surface area contributed by atoms with Crippen LogP contribution in [0.25, 0.3) is 0 Å². The highest BCUT2D eigenvalue weighted by Crippen LogP contribution is 2.18. The summed E-state index contributed by atoms with van der Waals surface area (Å²) in [5.74, 6) is 0.808. The van der Waals surface area contributed by atoms with Gasteiger partial charge >= 0.3 is 0 Å². The van der Waals surface area contributed by atoms with Gasteiger partial charge in [-0.3, -0.25) is 0 Å². The molecule has 1 aromatic rings. The Labute approximate surface area is 84.5 Å². The number of aliphatic hydroxyl groups excluding tert-OH is 1. The average molecular weight is 195 g/mol. The highest BCUT2D eigenvalue weighted by molar-refractivity contribution is 5.35. The van der Waals surface area contributed by atoms with Gasteiger partial charge in [0, 0.05) is 6.54 Å². The van der Waals surface area contributed by atoms with Gasteiger partial charge in [-0.2, -0.15) is 0 Å². The molecule has 78 valence electrons. The maximum atomic E-state index is 9.21. The van der Waals surface area contributed by atoms with Crippen molar-refractivity contribution >= 4 is 0 Å². The maximum absolute atomic E-state index is 9.21. The van der Waals surface area contributed by atoms with E-state index < -0.39 is 6.10 Å². The zero-order valence-corrected chi connectivity index (χ0v) is 8.66. The van der Waals surface area contributed by atoms with E-state index >= 15 is 0 Å². The van der Waals surface area contributed by atoms with Crippen molar-refractivity contribution in [3.05, 3.63) is 29.3 Å². The third-order valence-electron chi connectivity index (χ3n) is 2.03. The van der Waals surface area contributed by atoms with Crippen molar-refractivity contribution < 1.29 is 9.84 Å². The molecule has 3 N–H and O–H groups in total. The van der Waals surface area contributed by atoms with Gasteiger partial charge in [0.25, 0.3) is 0 Å². The normalized spacial score (nSPS) is 12.6. The lowest BCUT2D eigenvalue weighted by molar-refractivity contribution is 0.114. The third kappa shape index (κ3) is 3.01. The highest BCUT2D eigenvalue weighted by Gasteiger charge is 2.04. The fraction of sp³-hybridized carbons (Fsp3) is 0.455. The number of hydrogen-bond acceptors (Lipinski definition) is 3. The standard InChI is InChI=1S/C11H17NO2/c1-8-3-4-11(9(2)5-8)14-7-10(13)6-12/h3-5,10,13H,6-7,12H2,1-2H3. The Hall–Kier alpha value is -1.06. The second-order valence-electron chi connectivity index (χ2n) is 3.47. The summed E-state index contributed by atoms with van der Waals surface area (Å²) in [6.45, 7) is 4.49. The van der Waals surface area contributed by atoms with Crippen LogP contribution >= 0.6 is 0 Å². The van der Waals surface area contributed by atoms with E-state index in [0.29, 0.717) is 0 Å². The third-order valence-corrected chi connectivity index (χ3v) is 2.03. The number of hydrogen-bond donors (Lipinski definition) is 2. The Kier molecular flexibility index (Phi) is 3.92. The van der Waals surface area contributed by atoms with Crippen LogP contribution in [0.4, 0.5) is 0 Å². The van der Waals surface area contributed by atoms with Gasteiger partial charge in [-0.15, -0.1) is 0 Å². The van der Waals surface area contributed by atoms with E-state index in [2.05, 4.69) is 0 Å². The van der Waals surface area contributed by atoms with Gasteiger partial charge in [0.05, 0.1) is 0 Å². The summed E-state index contributed by atoms with van der Waals surface area (Å²) in [4.78, 5) is 0. The predicted molar refractivity (Wildman–Crippen MR) is 56.5 cm³/mol. The number of nitrogens with two attached hydrogens (primary N) is 1. The van der Waals surface area contributed by atoms with Crippen molar-refractivity contribution in [3.8, 4) is 5.75 Å². The van der Waals surface area contributed by atoms with E-state index in [4.69, 9.17) is 10.5 Å². The second-order valence-corrected chi connectivity index (χ2v) is 3.47. The van der Waals surface area contributed by atoms with E-state index in [1.165, 1.54) is 5.56 Å². The highest BCUT2D eigenvalue weighted by atomic mass is 16.5. The molecule has 1 unspecified atom stereocenters. The van der Waals surface area contributed by atoms with Crippen LogP contribution in [0.2, 0.25) is 0 Å². The van der Waals surface area contributed by atoms with Crippen LogP contribution < -0.4 is 10.5 Å². The summed E-state index contributed by atoms with van der Waals surface area (Å²) in [5.41, 5.74) is 7.55.